The van der Waals surface area contributed by atoms with E-state index >= 15 is 0 Å². The van der Waals surface area contributed by atoms with Crippen molar-refractivity contribution in [3.63, 3.8) is 0 Å². The summed E-state index contributed by atoms with van der Waals surface area (Å²) in [6.07, 6.45) is 9.11. The Labute approximate surface area is 213 Å². The number of hydrogen-bond acceptors (Lipinski definition) is 4. The third-order valence-electron chi connectivity index (χ3n) is 8.35. The van der Waals surface area contributed by atoms with Crippen LogP contribution in [0, 0.1) is 10.8 Å². The number of aromatic nitrogens is 1. The lowest BCUT2D eigenvalue weighted by atomic mass is 9.77. The summed E-state index contributed by atoms with van der Waals surface area (Å²) in [7, 11) is 0. The average Bonchev–Trinajstić information content (AvgIpc) is 3.57. The predicted molar refractivity (Wildman–Crippen MR) is 137 cm³/mol. The number of piperidine rings is 1. The number of halogens is 1. The van der Waals surface area contributed by atoms with Gasteiger partial charge in [0.15, 0.2) is 0 Å². The van der Waals surface area contributed by atoms with Gasteiger partial charge in [-0.1, -0.05) is 36.7 Å². The molecule has 2 aromatic rings. The van der Waals surface area contributed by atoms with Gasteiger partial charge >= 0.3 is 0 Å². The van der Waals surface area contributed by atoms with Gasteiger partial charge in [0.05, 0.1) is 11.5 Å². The van der Waals surface area contributed by atoms with Gasteiger partial charge in [0, 0.05) is 42.5 Å². The summed E-state index contributed by atoms with van der Waals surface area (Å²) in [5.74, 6) is 0.452. The van der Waals surface area contributed by atoms with E-state index in [1.54, 1.807) is 6.20 Å². The molecular weight excluding hydrogens is 460 g/mol. The Kier molecular flexibility index (Phi) is 6.86. The monoisotopic (exact) mass is 494 g/mol. The van der Waals surface area contributed by atoms with Crippen LogP contribution in [0.5, 0.6) is 0 Å². The van der Waals surface area contributed by atoms with Gasteiger partial charge in [0.25, 0.3) is 0 Å². The molecule has 0 bridgehead atoms. The number of nitrogens with one attached hydrogen (secondary N) is 1. The molecule has 0 radical (unpaired) electrons. The van der Waals surface area contributed by atoms with Crippen molar-refractivity contribution >= 4 is 23.4 Å². The topological polar surface area (TPSA) is 65.5 Å². The molecule has 2 saturated heterocycles. The fraction of sp³-hybridized carbons (Fsp3) is 0.536. The largest absolute Gasteiger partial charge is 0.349 e. The highest BCUT2D eigenvalue weighted by Crippen LogP contribution is 2.46. The first kappa shape index (κ1) is 24.3. The zero-order chi connectivity index (χ0) is 24.5. The van der Waals surface area contributed by atoms with E-state index in [4.69, 9.17) is 11.6 Å². The summed E-state index contributed by atoms with van der Waals surface area (Å²) in [5.41, 5.74) is 1.73. The Bertz CT molecular complexity index is 1060. The van der Waals surface area contributed by atoms with Gasteiger partial charge in [-0.2, -0.15) is 0 Å². The van der Waals surface area contributed by atoms with Crippen molar-refractivity contribution in [2.75, 3.05) is 26.2 Å². The van der Waals surface area contributed by atoms with Crippen molar-refractivity contribution < 1.29 is 9.59 Å². The molecule has 1 spiro atoms. The number of carbonyl (C=O) groups is 2. The van der Waals surface area contributed by atoms with E-state index in [0.29, 0.717) is 17.5 Å². The molecule has 3 aliphatic rings. The molecule has 1 aromatic heterocycles. The van der Waals surface area contributed by atoms with Crippen LogP contribution in [0.3, 0.4) is 0 Å². The lowest BCUT2D eigenvalue weighted by Crippen LogP contribution is -2.45. The summed E-state index contributed by atoms with van der Waals surface area (Å²) in [4.78, 5) is 34.8. The van der Waals surface area contributed by atoms with Gasteiger partial charge < -0.3 is 15.1 Å². The first-order valence-electron chi connectivity index (χ1n) is 12.8. The van der Waals surface area contributed by atoms with Gasteiger partial charge in [-0.05, 0) is 80.9 Å². The minimum Gasteiger partial charge on any atom is -0.349 e. The van der Waals surface area contributed by atoms with Crippen LogP contribution in [0.1, 0.15) is 62.6 Å². The van der Waals surface area contributed by atoms with E-state index in [1.165, 1.54) is 0 Å². The minimum absolute atomic E-state index is 0.0578. The van der Waals surface area contributed by atoms with Crippen LogP contribution in [0.2, 0.25) is 5.02 Å². The fourth-order valence-corrected chi connectivity index (χ4v) is 5.73. The number of likely N-dealkylation sites (tertiary alicyclic amines) is 2. The Hall–Kier alpha value is -2.44. The van der Waals surface area contributed by atoms with Crippen LogP contribution in [0.4, 0.5) is 0 Å². The molecule has 3 fully saturated rings. The van der Waals surface area contributed by atoms with Crippen molar-refractivity contribution in [2.45, 2.75) is 58.0 Å². The van der Waals surface area contributed by atoms with Crippen molar-refractivity contribution in [3.05, 3.63) is 64.9 Å². The van der Waals surface area contributed by atoms with Gasteiger partial charge in [-0.3, -0.25) is 14.6 Å². The molecule has 1 aromatic carbocycles. The number of benzene rings is 1. The summed E-state index contributed by atoms with van der Waals surface area (Å²) < 4.78 is 0. The molecule has 7 heteroatoms. The van der Waals surface area contributed by atoms with Crippen LogP contribution in [0.15, 0.2) is 48.8 Å². The molecule has 1 aliphatic carbocycles. The highest BCUT2D eigenvalue weighted by Gasteiger charge is 2.48. The summed E-state index contributed by atoms with van der Waals surface area (Å²) in [6.45, 7) is 6.24. The molecule has 35 heavy (non-hydrogen) atoms. The second-order valence-corrected chi connectivity index (χ2v) is 11.3. The number of amides is 2. The summed E-state index contributed by atoms with van der Waals surface area (Å²) in [6, 6.07) is 11.7. The van der Waals surface area contributed by atoms with E-state index < -0.39 is 0 Å². The Morgan fingerprint density at radius 3 is 2.57 bits per heavy atom. The molecule has 5 rings (SSSR count). The molecule has 1 N–H and O–H groups in total. The van der Waals surface area contributed by atoms with Crippen LogP contribution < -0.4 is 5.32 Å². The molecule has 2 aliphatic heterocycles. The number of carbonyl (C=O) groups excluding carboxylic acids is 2. The molecule has 186 valence electrons. The standard InChI is InChI=1S/C28H35ClN4O2/c1-27(8-9-27)25(34)31-24(22-5-2-6-23(29)18-22)7-14-32-15-10-28(11-16-32)12-17-33(26(28)35)20-21-4-3-13-30-19-21/h2-6,13,18-19,24H,7-12,14-17,20H2,1H3,(H,31,34). The maximum absolute atomic E-state index is 13.3. The van der Waals surface area contributed by atoms with Crippen LogP contribution in [-0.4, -0.2) is 52.8 Å². The smallest absolute Gasteiger partial charge is 0.229 e. The SMILES string of the molecule is CC1(C(=O)NC(CCN2CCC3(CC2)CCN(Cc2cccnc2)C3=O)c2cccc(Cl)c2)CC1. The lowest BCUT2D eigenvalue weighted by Gasteiger charge is -2.38. The molecule has 1 unspecified atom stereocenters. The fourth-order valence-electron chi connectivity index (χ4n) is 5.53. The van der Waals surface area contributed by atoms with Gasteiger partial charge in [0.2, 0.25) is 11.8 Å². The lowest BCUT2D eigenvalue weighted by molar-refractivity contribution is -0.139. The van der Waals surface area contributed by atoms with E-state index in [-0.39, 0.29) is 22.8 Å². The van der Waals surface area contributed by atoms with E-state index in [1.807, 2.05) is 54.4 Å². The van der Waals surface area contributed by atoms with Crippen molar-refractivity contribution in [1.29, 1.82) is 0 Å². The number of pyridine rings is 1. The zero-order valence-corrected chi connectivity index (χ0v) is 21.3. The van der Waals surface area contributed by atoms with Gasteiger partial charge in [-0.25, -0.2) is 0 Å². The normalized spacial score (nSPS) is 21.8. The van der Waals surface area contributed by atoms with E-state index in [9.17, 15) is 9.59 Å². The average molecular weight is 495 g/mol. The van der Waals surface area contributed by atoms with Crippen LogP contribution >= 0.6 is 11.6 Å². The highest BCUT2D eigenvalue weighted by atomic mass is 35.5. The first-order chi connectivity index (χ1) is 16.9. The molecule has 6 nitrogen and oxygen atoms in total. The zero-order valence-electron chi connectivity index (χ0n) is 20.5. The molecule has 1 saturated carbocycles. The third kappa shape index (κ3) is 5.39. The van der Waals surface area contributed by atoms with Crippen molar-refractivity contribution in [2.24, 2.45) is 10.8 Å². The number of hydrogen-bond donors (Lipinski definition) is 1. The Morgan fingerprint density at radius 2 is 1.89 bits per heavy atom. The van der Waals surface area contributed by atoms with Crippen molar-refractivity contribution in [3.8, 4) is 0 Å². The first-order valence-corrected chi connectivity index (χ1v) is 13.2. The maximum atomic E-state index is 13.3. The molecule has 2 amide bonds. The van der Waals surface area contributed by atoms with Crippen LogP contribution in [0.25, 0.3) is 0 Å². The van der Waals surface area contributed by atoms with Gasteiger partial charge in [-0.15, -0.1) is 0 Å². The predicted octanol–water partition coefficient (Wildman–Crippen LogP) is 4.60. The molecular formula is C28H35ClN4O2. The highest BCUT2D eigenvalue weighted by molar-refractivity contribution is 6.30. The third-order valence-corrected chi connectivity index (χ3v) is 8.58. The van der Waals surface area contributed by atoms with E-state index in [0.717, 1.165) is 75.8 Å². The second kappa shape index (κ2) is 9.90. The summed E-state index contributed by atoms with van der Waals surface area (Å²) in [5, 5.41) is 3.99. The maximum Gasteiger partial charge on any atom is 0.229 e. The van der Waals surface area contributed by atoms with Gasteiger partial charge in [0.1, 0.15) is 0 Å². The number of rotatable bonds is 8. The van der Waals surface area contributed by atoms with E-state index in [2.05, 4.69) is 15.2 Å². The minimum atomic E-state index is -0.209. The number of nitrogens with zero attached hydrogens (tertiary/aromatic N) is 3. The molecule has 1 atom stereocenters. The summed E-state index contributed by atoms with van der Waals surface area (Å²) >= 11 is 6.26. The Morgan fingerprint density at radius 1 is 1.11 bits per heavy atom. The second-order valence-electron chi connectivity index (χ2n) is 10.9. The van der Waals surface area contributed by atoms with Crippen molar-refractivity contribution in [1.82, 2.24) is 20.1 Å². The quantitative estimate of drug-likeness (QED) is 0.582. The van der Waals surface area contributed by atoms with Crippen LogP contribution in [-0.2, 0) is 16.1 Å². The Balaban J connectivity index is 1.17. The molecule has 3 heterocycles.